The van der Waals surface area contributed by atoms with Crippen molar-refractivity contribution in [1.82, 2.24) is 25.1 Å². The summed E-state index contributed by atoms with van der Waals surface area (Å²) in [6, 6.07) is 5.82. The number of carbonyl (C=O) groups is 1. The third-order valence-corrected chi connectivity index (χ3v) is 8.94. The van der Waals surface area contributed by atoms with Crippen molar-refractivity contribution >= 4 is 33.4 Å². The van der Waals surface area contributed by atoms with Crippen LogP contribution in [0.2, 0.25) is 5.02 Å². The number of halogens is 11. The van der Waals surface area contributed by atoms with E-state index in [1.807, 2.05) is 6.07 Å². The van der Waals surface area contributed by atoms with Crippen LogP contribution < -0.4 is 5.43 Å². The van der Waals surface area contributed by atoms with Crippen molar-refractivity contribution in [1.29, 1.82) is 5.26 Å². The highest BCUT2D eigenvalue weighted by Crippen LogP contribution is 2.51. The molecule has 0 bridgehead atoms. The van der Waals surface area contributed by atoms with E-state index < -0.39 is 62.7 Å². The average molecular weight is 729 g/mol. The fraction of sp³-hybridized carbons (Fsp3) is 0.458. The fourth-order valence-corrected chi connectivity index (χ4v) is 5.82. The minimum absolute atomic E-state index is 0.0215. The van der Waals surface area contributed by atoms with E-state index in [2.05, 4.69) is 9.28 Å². The first-order valence-electron chi connectivity index (χ1n) is 12.6. The maximum absolute atomic E-state index is 14.3. The molecular weight excluding hydrogens is 710 g/mol. The quantitative estimate of drug-likeness (QED) is 0.217. The number of benzene rings is 1. The Morgan fingerprint density at radius 1 is 1.13 bits per heavy atom. The zero-order valence-electron chi connectivity index (χ0n) is 23.4. The van der Waals surface area contributed by atoms with Gasteiger partial charge in [0.1, 0.15) is 17.8 Å². The van der Waals surface area contributed by atoms with E-state index in [1.165, 1.54) is 25.3 Å². The summed E-state index contributed by atoms with van der Waals surface area (Å²) in [4.78, 5) is 14.5. The summed E-state index contributed by atoms with van der Waals surface area (Å²) >= 11 is 6.22. The molecule has 4 rings (SSSR count). The molecule has 1 N–H and O–H groups in total. The highest BCUT2D eigenvalue weighted by molar-refractivity contribution is 7.88. The van der Waals surface area contributed by atoms with Gasteiger partial charge in [-0.2, -0.15) is 63.7 Å². The van der Waals surface area contributed by atoms with Crippen molar-refractivity contribution in [3.8, 4) is 17.2 Å². The Morgan fingerprint density at radius 2 is 1.72 bits per heavy atom. The molecule has 1 aromatic carbocycles. The summed E-state index contributed by atoms with van der Waals surface area (Å²) in [5, 5.41) is 6.41. The van der Waals surface area contributed by atoms with Crippen molar-refractivity contribution in [3.05, 3.63) is 46.8 Å². The van der Waals surface area contributed by atoms with Gasteiger partial charge < -0.3 is 4.74 Å². The van der Waals surface area contributed by atoms with E-state index in [1.54, 1.807) is 5.43 Å². The van der Waals surface area contributed by atoms with E-state index >= 15 is 0 Å². The molecule has 0 radical (unpaired) electrons. The summed E-state index contributed by atoms with van der Waals surface area (Å²) in [6.07, 6.45) is -20.9. The number of nitrogens with one attached hydrogen (secondary N) is 1. The molecule has 1 aliphatic heterocycles. The molecule has 2 aromatic rings. The number of nitriles is 1. The highest BCUT2D eigenvalue weighted by Gasteiger charge is 2.82. The van der Waals surface area contributed by atoms with Crippen LogP contribution >= 0.6 is 11.6 Å². The molecule has 2 heterocycles. The van der Waals surface area contributed by atoms with Crippen molar-refractivity contribution in [2.45, 2.75) is 48.1 Å². The number of ether oxygens (including phenoxy) is 1. The lowest BCUT2D eigenvalue weighted by Gasteiger charge is -2.30. The fourth-order valence-electron chi connectivity index (χ4n) is 4.53. The van der Waals surface area contributed by atoms with Crippen LogP contribution in [0.4, 0.5) is 43.9 Å². The number of rotatable bonds is 9. The number of hydrogen-bond acceptors (Lipinski definition) is 9. The Kier molecular flexibility index (Phi) is 9.08. The standard InChI is InChI=1S/C24H19ClF10N6O5S/c1-39-18(16(21(26,27)28)17(38-39)46-47(43,44)22(29,23(30,31)32)24(33,34)35)41-9-13(8-37-41)12-3-4-15(25)14(7-12)19(42)40(11-45-2)20(10-36)5-6-20/h3-4,7-9,17,38H,5-6,11H2,1-2H3. The molecule has 258 valence electrons. The lowest BCUT2D eigenvalue weighted by atomic mass is 10.0. The number of methoxy groups -OCH3 is 1. The van der Waals surface area contributed by atoms with Crippen LogP contribution in [-0.2, 0) is 19.0 Å². The molecule has 1 unspecified atom stereocenters. The Bertz CT molecular complexity index is 1730. The zero-order valence-corrected chi connectivity index (χ0v) is 25.0. The van der Waals surface area contributed by atoms with Crippen LogP contribution in [0.25, 0.3) is 16.9 Å². The minimum Gasteiger partial charge on any atom is -0.364 e. The molecule has 11 nitrogen and oxygen atoms in total. The van der Waals surface area contributed by atoms with Crippen LogP contribution in [0.5, 0.6) is 0 Å². The van der Waals surface area contributed by atoms with Gasteiger partial charge in [-0.25, -0.2) is 13.3 Å². The molecule has 47 heavy (non-hydrogen) atoms. The molecule has 1 atom stereocenters. The van der Waals surface area contributed by atoms with Gasteiger partial charge >= 0.3 is 33.6 Å². The van der Waals surface area contributed by atoms with Crippen molar-refractivity contribution < 1.29 is 66.0 Å². The average Bonchev–Trinajstić information content (AvgIpc) is 3.45. The van der Waals surface area contributed by atoms with Gasteiger partial charge in [-0.05, 0) is 30.5 Å². The largest absolute Gasteiger partial charge is 0.449 e. The summed E-state index contributed by atoms with van der Waals surface area (Å²) in [6.45, 7) is -0.285. The second-order valence-corrected chi connectivity index (χ2v) is 12.2. The van der Waals surface area contributed by atoms with Crippen LogP contribution in [0.3, 0.4) is 0 Å². The molecule has 1 aliphatic carbocycles. The Balaban J connectivity index is 1.75. The third-order valence-electron chi connectivity index (χ3n) is 7.02. The van der Waals surface area contributed by atoms with E-state index in [0.29, 0.717) is 22.5 Å². The van der Waals surface area contributed by atoms with Crippen LogP contribution in [0, 0.1) is 11.3 Å². The SMILES string of the molecule is COCN(C(=O)c1cc(-c2cnn(C3=C(C(F)(F)F)C(OS(=O)(=O)C(F)(C(F)(F)F)C(F)(F)F)NN3C)c2)ccc1Cl)C1(C#N)CC1. The molecule has 0 spiro atoms. The predicted molar refractivity (Wildman–Crippen MR) is 138 cm³/mol. The maximum Gasteiger partial charge on any atom is 0.449 e. The number of alkyl halides is 10. The monoisotopic (exact) mass is 728 g/mol. The molecule has 1 amide bonds. The third kappa shape index (κ3) is 6.21. The van der Waals surface area contributed by atoms with Gasteiger partial charge in [-0.1, -0.05) is 17.7 Å². The molecule has 1 saturated carbocycles. The van der Waals surface area contributed by atoms with Gasteiger partial charge in [0, 0.05) is 25.9 Å². The Morgan fingerprint density at radius 3 is 2.21 bits per heavy atom. The molecular formula is C24H19ClF10N6O5S. The number of hydrazine groups is 1. The van der Waals surface area contributed by atoms with Crippen LogP contribution in [0.15, 0.2) is 36.2 Å². The summed E-state index contributed by atoms with van der Waals surface area (Å²) in [5.41, 5.74) is -1.81. The van der Waals surface area contributed by atoms with E-state index in [4.69, 9.17) is 16.3 Å². The summed E-state index contributed by atoms with van der Waals surface area (Å²) in [7, 11) is -5.53. The summed E-state index contributed by atoms with van der Waals surface area (Å²) < 4.78 is 168. The van der Waals surface area contributed by atoms with Crippen molar-refractivity contribution in [2.24, 2.45) is 0 Å². The number of amides is 1. The van der Waals surface area contributed by atoms with Gasteiger partial charge in [0.15, 0.2) is 12.0 Å². The number of aromatic nitrogens is 2. The van der Waals surface area contributed by atoms with E-state index in [-0.39, 0.29) is 28.4 Å². The molecule has 0 saturated heterocycles. The minimum atomic E-state index is -7.56. The first kappa shape index (κ1) is 36.2. The molecule has 1 aromatic heterocycles. The second-order valence-electron chi connectivity index (χ2n) is 10.1. The number of nitrogens with zero attached hydrogens (tertiary/aromatic N) is 5. The van der Waals surface area contributed by atoms with Gasteiger partial charge in [0.2, 0.25) is 0 Å². The lowest BCUT2D eigenvalue weighted by molar-refractivity contribution is -0.308. The lowest BCUT2D eigenvalue weighted by Crippen LogP contribution is -2.60. The Labute approximate surface area is 262 Å². The predicted octanol–water partition coefficient (Wildman–Crippen LogP) is 4.95. The molecule has 2 aliphatic rings. The van der Waals surface area contributed by atoms with E-state index in [9.17, 15) is 62.4 Å². The van der Waals surface area contributed by atoms with Crippen molar-refractivity contribution in [3.63, 3.8) is 0 Å². The molecule has 1 fully saturated rings. The van der Waals surface area contributed by atoms with Gasteiger partial charge in [0.05, 0.1) is 22.9 Å². The number of hydrogen-bond donors (Lipinski definition) is 1. The maximum atomic E-state index is 14.3. The topological polar surface area (TPSA) is 130 Å². The van der Waals surface area contributed by atoms with Crippen LogP contribution in [0.1, 0.15) is 23.2 Å². The Hall–Kier alpha value is -3.65. The normalized spacial score (nSPS) is 18.8. The van der Waals surface area contributed by atoms with Crippen molar-refractivity contribution in [2.75, 3.05) is 20.9 Å². The second kappa shape index (κ2) is 11.8. The first-order chi connectivity index (χ1) is 21.5. The first-order valence-corrected chi connectivity index (χ1v) is 14.4. The van der Waals surface area contributed by atoms with Gasteiger partial charge in [0.25, 0.3) is 5.91 Å². The zero-order chi connectivity index (χ0) is 35.5. The smallest absolute Gasteiger partial charge is 0.364 e. The number of carbonyl (C=O) groups excluding carboxylic acids is 1. The van der Waals surface area contributed by atoms with Crippen LogP contribution in [-0.4, -0.2) is 90.2 Å². The van der Waals surface area contributed by atoms with E-state index in [0.717, 1.165) is 24.3 Å². The highest BCUT2D eigenvalue weighted by atomic mass is 35.5. The van der Waals surface area contributed by atoms with Gasteiger partial charge in [-0.3, -0.25) is 14.7 Å². The van der Waals surface area contributed by atoms with Gasteiger partial charge in [-0.15, -0.1) is 0 Å². The molecule has 23 heteroatoms. The summed E-state index contributed by atoms with van der Waals surface area (Å²) in [5.74, 6) is -1.91.